The van der Waals surface area contributed by atoms with E-state index in [1.807, 2.05) is 0 Å². The maximum Gasteiger partial charge on any atom is 0.322 e. The molecule has 1 rings (SSSR count). The Balaban J connectivity index is 0.000001000. The Morgan fingerprint density at radius 2 is 2.45 bits per heavy atom. The van der Waals surface area contributed by atoms with E-state index in [2.05, 4.69) is 5.32 Å². The van der Waals surface area contributed by atoms with Gasteiger partial charge in [-0.1, -0.05) is 0 Å². The first-order valence-electron chi connectivity index (χ1n) is 2.78. The molecule has 0 fully saturated rings. The van der Waals surface area contributed by atoms with Crippen LogP contribution >= 0.6 is 12.4 Å². The standard InChI is InChI=1S/C6H7NO3.ClH/c8-6(9)4-7-5-2-1-3-10-5;/h1-3,7H,4H2,(H,8,9);1H. The number of halogens is 1. The number of rotatable bonds is 3. The zero-order valence-electron chi connectivity index (χ0n) is 5.61. The van der Waals surface area contributed by atoms with Crippen molar-refractivity contribution < 1.29 is 14.3 Å². The lowest BCUT2D eigenvalue weighted by molar-refractivity contribution is -0.134. The molecule has 0 spiro atoms. The molecular weight excluding hydrogens is 170 g/mol. The van der Waals surface area contributed by atoms with Gasteiger partial charge in [-0.15, -0.1) is 12.4 Å². The van der Waals surface area contributed by atoms with Crippen molar-refractivity contribution in [2.75, 3.05) is 11.9 Å². The lowest BCUT2D eigenvalue weighted by atomic mass is 10.6. The maximum absolute atomic E-state index is 9.99. The zero-order valence-corrected chi connectivity index (χ0v) is 6.43. The molecule has 0 aliphatic rings. The van der Waals surface area contributed by atoms with Gasteiger partial charge in [0.2, 0.25) is 0 Å². The highest BCUT2D eigenvalue weighted by Gasteiger charge is 1.96. The van der Waals surface area contributed by atoms with Crippen molar-refractivity contribution >= 4 is 24.3 Å². The first-order valence-corrected chi connectivity index (χ1v) is 2.78. The highest BCUT2D eigenvalue weighted by atomic mass is 35.5. The van der Waals surface area contributed by atoms with Gasteiger partial charge < -0.3 is 14.8 Å². The fourth-order valence-electron chi connectivity index (χ4n) is 0.542. The van der Waals surface area contributed by atoms with Crippen LogP contribution < -0.4 is 5.32 Å². The van der Waals surface area contributed by atoms with Crippen molar-refractivity contribution in [2.24, 2.45) is 0 Å². The number of carbonyl (C=O) groups is 1. The predicted molar refractivity (Wildman–Crippen MR) is 42.1 cm³/mol. The average molecular weight is 178 g/mol. The van der Waals surface area contributed by atoms with E-state index in [0.29, 0.717) is 5.88 Å². The van der Waals surface area contributed by atoms with E-state index in [0.717, 1.165) is 0 Å². The number of hydrogen-bond donors (Lipinski definition) is 2. The first kappa shape index (κ1) is 9.84. The second-order valence-electron chi connectivity index (χ2n) is 1.72. The summed E-state index contributed by atoms with van der Waals surface area (Å²) in [7, 11) is 0. The van der Waals surface area contributed by atoms with Gasteiger partial charge >= 0.3 is 5.97 Å². The number of carboxylic acids is 1. The van der Waals surface area contributed by atoms with Crippen LogP contribution in [0, 0.1) is 0 Å². The van der Waals surface area contributed by atoms with Crippen molar-refractivity contribution in [3.63, 3.8) is 0 Å². The lowest BCUT2D eigenvalue weighted by Gasteiger charge is -1.94. The van der Waals surface area contributed by atoms with Crippen LogP contribution in [0.2, 0.25) is 0 Å². The van der Waals surface area contributed by atoms with E-state index in [4.69, 9.17) is 9.52 Å². The largest absolute Gasteiger partial charge is 0.480 e. The summed E-state index contributed by atoms with van der Waals surface area (Å²) in [5.41, 5.74) is 0. The third-order valence-corrected chi connectivity index (χ3v) is 0.935. The van der Waals surface area contributed by atoms with E-state index in [1.54, 1.807) is 12.1 Å². The second-order valence-corrected chi connectivity index (χ2v) is 1.72. The highest BCUT2D eigenvalue weighted by molar-refractivity contribution is 5.85. The predicted octanol–water partition coefficient (Wildman–Crippen LogP) is 1.20. The van der Waals surface area contributed by atoms with Gasteiger partial charge in [-0.05, 0) is 6.07 Å². The molecule has 0 saturated heterocycles. The van der Waals surface area contributed by atoms with Gasteiger partial charge in [0.05, 0.1) is 6.26 Å². The molecule has 0 aromatic carbocycles. The third kappa shape index (κ3) is 3.52. The van der Waals surface area contributed by atoms with Gasteiger partial charge in [0.25, 0.3) is 0 Å². The monoisotopic (exact) mass is 177 g/mol. The number of anilines is 1. The summed E-state index contributed by atoms with van der Waals surface area (Å²) in [6.45, 7) is -0.118. The van der Waals surface area contributed by atoms with E-state index in [-0.39, 0.29) is 19.0 Å². The van der Waals surface area contributed by atoms with Crippen molar-refractivity contribution in [2.45, 2.75) is 0 Å². The summed E-state index contributed by atoms with van der Waals surface area (Å²) in [6.07, 6.45) is 1.48. The van der Waals surface area contributed by atoms with Crippen LogP contribution in [0.15, 0.2) is 22.8 Å². The summed E-state index contributed by atoms with van der Waals surface area (Å²) in [4.78, 5) is 9.99. The third-order valence-electron chi connectivity index (χ3n) is 0.935. The highest BCUT2D eigenvalue weighted by Crippen LogP contribution is 2.04. The molecule has 0 amide bonds. The fraction of sp³-hybridized carbons (Fsp3) is 0.167. The first-order chi connectivity index (χ1) is 4.79. The van der Waals surface area contributed by atoms with Crippen molar-refractivity contribution in [3.8, 4) is 0 Å². The molecule has 2 N–H and O–H groups in total. The summed E-state index contributed by atoms with van der Waals surface area (Å²) >= 11 is 0. The van der Waals surface area contributed by atoms with Gasteiger partial charge in [0.1, 0.15) is 6.54 Å². The Morgan fingerprint density at radius 3 is 2.91 bits per heavy atom. The van der Waals surface area contributed by atoms with Gasteiger partial charge in [-0.25, -0.2) is 0 Å². The number of aliphatic carboxylic acids is 1. The van der Waals surface area contributed by atoms with Gasteiger partial charge in [-0.2, -0.15) is 0 Å². The van der Waals surface area contributed by atoms with Crippen LogP contribution in [-0.2, 0) is 4.79 Å². The molecular formula is C6H8ClNO3. The van der Waals surface area contributed by atoms with E-state index < -0.39 is 5.97 Å². The Bertz CT molecular complexity index is 210. The minimum Gasteiger partial charge on any atom is -0.480 e. The minimum atomic E-state index is -0.906. The van der Waals surface area contributed by atoms with Crippen LogP contribution in [0.25, 0.3) is 0 Å². The normalized spacial score (nSPS) is 8.36. The summed E-state index contributed by atoms with van der Waals surface area (Å²) in [6, 6.07) is 3.34. The van der Waals surface area contributed by atoms with E-state index in [1.165, 1.54) is 6.26 Å². The molecule has 62 valence electrons. The molecule has 1 aromatic heterocycles. The summed E-state index contributed by atoms with van der Waals surface area (Å²) < 4.78 is 4.81. The Kier molecular flexibility index (Phi) is 4.14. The molecule has 4 nitrogen and oxygen atoms in total. The topological polar surface area (TPSA) is 62.5 Å². The lowest BCUT2D eigenvalue weighted by Crippen LogP contribution is -2.11. The molecule has 5 heteroatoms. The van der Waals surface area contributed by atoms with Crippen molar-refractivity contribution in [3.05, 3.63) is 18.4 Å². The van der Waals surface area contributed by atoms with Crippen LogP contribution in [0.1, 0.15) is 0 Å². The van der Waals surface area contributed by atoms with Gasteiger partial charge in [0.15, 0.2) is 5.88 Å². The molecule has 0 saturated carbocycles. The fourth-order valence-corrected chi connectivity index (χ4v) is 0.542. The molecule has 1 heterocycles. The number of furan rings is 1. The van der Waals surface area contributed by atoms with Crippen LogP contribution in [0.4, 0.5) is 5.88 Å². The zero-order chi connectivity index (χ0) is 7.40. The number of nitrogens with one attached hydrogen (secondary N) is 1. The molecule has 1 aromatic rings. The molecule has 0 aliphatic carbocycles. The van der Waals surface area contributed by atoms with Crippen LogP contribution in [0.3, 0.4) is 0 Å². The second kappa shape index (κ2) is 4.62. The molecule has 0 aliphatic heterocycles. The van der Waals surface area contributed by atoms with Crippen molar-refractivity contribution in [1.82, 2.24) is 0 Å². The summed E-state index contributed by atoms with van der Waals surface area (Å²) in [5.74, 6) is -0.432. The SMILES string of the molecule is Cl.O=C(O)CNc1ccco1. The average Bonchev–Trinajstić information content (AvgIpc) is 2.34. The van der Waals surface area contributed by atoms with E-state index in [9.17, 15) is 4.79 Å². The quantitative estimate of drug-likeness (QED) is 0.728. The van der Waals surface area contributed by atoms with E-state index >= 15 is 0 Å². The Hall–Kier alpha value is -1.16. The Labute approximate surface area is 69.6 Å². The summed E-state index contributed by atoms with van der Waals surface area (Å²) in [5, 5.41) is 10.8. The van der Waals surface area contributed by atoms with Crippen molar-refractivity contribution in [1.29, 1.82) is 0 Å². The molecule has 0 bridgehead atoms. The number of carboxylic acid groups (broad SMARTS) is 1. The smallest absolute Gasteiger partial charge is 0.322 e. The van der Waals surface area contributed by atoms with Crippen LogP contribution in [0.5, 0.6) is 0 Å². The maximum atomic E-state index is 9.99. The molecule has 0 radical (unpaired) electrons. The minimum absolute atomic E-state index is 0. The molecule has 0 unspecified atom stereocenters. The Morgan fingerprint density at radius 1 is 1.73 bits per heavy atom. The number of hydrogen-bond acceptors (Lipinski definition) is 3. The van der Waals surface area contributed by atoms with Crippen LogP contribution in [-0.4, -0.2) is 17.6 Å². The molecule has 0 atom stereocenters. The van der Waals surface area contributed by atoms with Gasteiger partial charge in [0, 0.05) is 6.07 Å². The van der Waals surface area contributed by atoms with Gasteiger partial charge in [-0.3, -0.25) is 4.79 Å². The molecule has 11 heavy (non-hydrogen) atoms.